The molecule has 2 rings (SSSR count). The van der Waals surface area contributed by atoms with Crippen molar-refractivity contribution in [1.29, 1.82) is 0 Å². The van der Waals surface area contributed by atoms with Gasteiger partial charge in [0.15, 0.2) is 0 Å². The Morgan fingerprint density at radius 1 is 1.41 bits per heavy atom. The molecular formula is C12H9ClO3S. The van der Waals surface area contributed by atoms with E-state index >= 15 is 0 Å². The highest BCUT2D eigenvalue weighted by atomic mass is 35.5. The normalized spacial score (nSPS) is 10.2. The number of carbonyl (C=O) groups is 1. The first-order chi connectivity index (χ1) is 8.16. The molecule has 0 aliphatic carbocycles. The first kappa shape index (κ1) is 12.0. The molecule has 1 aromatic carbocycles. The smallest absolute Gasteiger partial charge is 0.337 e. The molecule has 88 valence electrons. The SMILES string of the molecule is O=C(O)c1cc(OCc2ccsc2)ccc1Cl. The number of hydrogen-bond donors (Lipinski definition) is 1. The molecule has 2 aromatic rings. The second-order valence-corrected chi connectivity index (χ2v) is 4.55. The number of carboxylic acid groups (broad SMARTS) is 1. The number of benzene rings is 1. The zero-order chi connectivity index (χ0) is 12.3. The first-order valence-corrected chi connectivity index (χ1v) is 6.15. The predicted molar refractivity (Wildman–Crippen MR) is 67.1 cm³/mol. The third kappa shape index (κ3) is 2.99. The summed E-state index contributed by atoms with van der Waals surface area (Å²) < 4.78 is 5.48. The minimum Gasteiger partial charge on any atom is -0.489 e. The van der Waals surface area contributed by atoms with Crippen LogP contribution < -0.4 is 4.74 Å². The molecule has 0 amide bonds. The van der Waals surface area contributed by atoms with Gasteiger partial charge in [-0.25, -0.2) is 4.79 Å². The van der Waals surface area contributed by atoms with Gasteiger partial charge < -0.3 is 9.84 Å². The van der Waals surface area contributed by atoms with Crippen LogP contribution in [0.1, 0.15) is 15.9 Å². The van der Waals surface area contributed by atoms with E-state index < -0.39 is 5.97 Å². The monoisotopic (exact) mass is 268 g/mol. The largest absolute Gasteiger partial charge is 0.489 e. The van der Waals surface area contributed by atoms with Crippen molar-refractivity contribution in [1.82, 2.24) is 0 Å². The Morgan fingerprint density at radius 3 is 2.88 bits per heavy atom. The molecule has 1 aromatic heterocycles. The quantitative estimate of drug-likeness (QED) is 0.920. The van der Waals surface area contributed by atoms with Crippen LogP contribution in [0.4, 0.5) is 0 Å². The van der Waals surface area contributed by atoms with Crippen molar-refractivity contribution < 1.29 is 14.6 Å². The number of ether oxygens (including phenoxy) is 1. The van der Waals surface area contributed by atoms with Gasteiger partial charge in [0.25, 0.3) is 0 Å². The molecule has 0 spiro atoms. The highest BCUT2D eigenvalue weighted by Gasteiger charge is 2.09. The number of halogens is 1. The Balaban J connectivity index is 2.11. The van der Waals surface area contributed by atoms with Crippen LogP contribution in [0, 0.1) is 0 Å². The molecule has 1 N–H and O–H groups in total. The van der Waals surface area contributed by atoms with Gasteiger partial charge in [0.05, 0.1) is 10.6 Å². The van der Waals surface area contributed by atoms with Crippen molar-refractivity contribution in [3.8, 4) is 5.75 Å². The third-order valence-corrected chi connectivity index (χ3v) is 3.22. The molecular weight excluding hydrogens is 260 g/mol. The summed E-state index contributed by atoms with van der Waals surface area (Å²) in [6, 6.07) is 6.56. The van der Waals surface area contributed by atoms with E-state index in [1.165, 1.54) is 12.1 Å². The highest BCUT2D eigenvalue weighted by Crippen LogP contribution is 2.23. The van der Waals surface area contributed by atoms with Gasteiger partial charge in [-0.2, -0.15) is 11.3 Å². The summed E-state index contributed by atoms with van der Waals surface area (Å²) in [5, 5.41) is 13.1. The van der Waals surface area contributed by atoms with Crippen molar-refractivity contribution in [2.24, 2.45) is 0 Å². The van der Waals surface area contributed by atoms with E-state index in [2.05, 4.69) is 0 Å². The fourth-order valence-corrected chi connectivity index (χ4v) is 2.15. The zero-order valence-electron chi connectivity index (χ0n) is 8.72. The Hall–Kier alpha value is -1.52. The van der Waals surface area contributed by atoms with Gasteiger partial charge in [0, 0.05) is 0 Å². The molecule has 0 fully saturated rings. The lowest BCUT2D eigenvalue weighted by molar-refractivity contribution is 0.0696. The van der Waals surface area contributed by atoms with Gasteiger partial charge >= 0.3 is 5.97 Å². The number of rotatable bonds is 4. The fraction of sp³-hybridized carbons (Fsp3) is 0.0833. The topological polar surface area (TPSA) is 46.5 Å². The van der Waals surface area contributed by atoms with Crippen LogP contribution in [0.5, 0.6) is 5.75 Å². The molecule has 0 bridgehead atoms. The summed E-state index contributed by atoms with van der Waals surface area (Å²) in [4.78, 5) is 10.9. The molecule has 0 atom stereocenters. The highest BCUT2D eigenvalue weighted by molar-refractivity contribution is 7.07. The Morgan fingerprint density at radius 2 is 2.24 bits per heavy atom. The molecule has 1 heterocycles. The van der Waals surface area contributed by atoms with Gasteiger partial charge in [0.1, 0.15) is 12.4 Å². The van der Waals surface area contributed by atoms with Gasteiger partial charge in [0.2, 0.25) is 0 Å². The molecule has 3 nitrogen and oxygen atoms in total. The summed E-state index contributed by atoms with van der Waals surface area (Å²) in [5.74, 6) is -0.561. The van der Waals surface area contributed by atoms with Crippen LogP contribution in [-0.4, -0.2) is 11.1 Å². The van der Waals surface area contributed by atoms with Crippen LogP contribution in [0.25, 0.3) is 0 Å². The maximum Gasteiger partial charge on any atom is 0.337 e. The lowest BCUT2D eigenvalue weighted by Crippen LogP contribution is -1.99. The average Bonchev–Trinajstić information content (AvgIpc) is 2.80. The second kappa shape index (κ2) is 5.21. The summed E-state index contributed by atoms with van der Waals surface area (Å²) in [5.41, 5.74) is 1.11. The minimum absolute atomic E-state index is 0.0504. The Labute approximate surface area is 107 Å². The first-order valence-electron chi connectivity index (χ1n) is 4.83. The van der Waals surface area contributed by atoms with Crippen LogP contribution in [0.3, 0.4) is 0 Å². The number of thiophene rings is 1. The van der Waals surface area contributed by atoms with Gasteiger partial charge in [-0.05, 0) is 40.6 Å². The molecule has 0 radical (unpaired) electrons. The van der Waals surface area contributed by atoms with E-state index in [4.69, 9.17) is 21.4 Å². The lowest BCUT2D eigenvalue weighted by Gasteiger charge is -2.06. The molecule has 17 heavy (non-hydrogen) atoms. The van der Waals surface area contributed by atoms with Crippen LogP contribution in [0.2, 0.25) is 5.02 Å². The third-order valence-electron chi connectivity index (χ3n) is 2.15. The zero-order valence-corrected chi connectivity index (χ0v) is 10.3. The molecule has 5 heteroatoms. The van der Waals surface area contributed by atoms with Crippen LogP contribution >= 0.6 is 22.9 Å². The van der Waals surface area contributed by atoms with E-state index in [0.29, 0.717) is 12.4 Å². The Kier molecular flexibility index (Phi) is 3.66. The summed E-state index contributed by atoms with van der Waals surface area (Å²) >= 11 is 7.35. The van der Waals surface area contributed by atoms with Crippen molar-refractivity contribution in [3.63, 3.8) is 0 Å². The number of aromatic carboxylic acids is 1. The molecule has 0 aliphatic heterocycles. The van der Waals surface area contributed by atoms with E-state index in [1.807, 2.05) is 16.8 Å². The minimum atomic E-state index is -1.06. The van der Waals surface area contributed by atoms with Crippen molar-refractivity contribution in [3.05, 3.63) is 51.2 Å². The van der Waals surface area contributed by atoms with Crippen LogP contribution in [-0.2, 0) is 6.61 Å². The van der Waals surface area contributed by atoms with Gasteiger partial charge in [-0.1, -0.05) is 11.6 Å². The fourth-order valence-electron chi connectivity index (χ4n) is 1.30. The predicted octanol–water partition coefficient (Wildman–Crippen LogP) is 3.68. The van der Waals surface area contributed by atoms with E-state index in [1.54, 1.807) is 17.4 Å². The second-order valence-electron chi connectivity index (χ2n) is 3.37. The summed E-state index contributed by atoms with van der Waals surface area (Å²) in [6.07, 6.45) is 0. The van der Waals surface area contributed by atoms with E-state index in [9.17, 15) is 4.79 Å². The standard InChI is InChI=1S/C12H9ClO3S/c13-11-2-1-9(5-10(11)12(14)15)16-6-8-3-4-17-7-8/h1-5,7H,6H2,(H,14,15). The molecule has 0 unspecified atom stereocenters. The molecule has 0 saturated carbocycles. The maximum atomic E-state index is 10.9. The molecule has 0 saturated heterocycles. The van der Waals surface area contributed by atoms with E-state index in [-0.39, 0.29) is 10.6 Å². The number of carboxylic acids is 1. The number of hydrogen-bond acceptors (Lipinski definition) is 3. The van der Waals surface area contributed by atoms with Crippen molar-refractivity contribution >= 4 is 28.9 Å². The van der Waals surface area contributed by atoms with Crippen molar-refractivity contribution in [2.45, 2.75) is 6.61 Å². The average molecular weight is 269 g/mol. The van der Waals surface area contributed by atoms with Gasteiger partial charge in [-0.15, -0.1) is 0 Å². The maximum absolute atomic E-state index is 10.9. The summed E-state index contributed by atoms with van der Waals surface area (Å²) in [7, 11) is 0. The Bertz CT molecular complexity index is 523. The molecule has 0 aliphatic rings. The van der Waals surface area contributed by atoms with Crippen LogP contribution in [0.15, 0.2) is 35.0 Å². The van der Waals surface area contributed by atoms with Crippen molar-refractivity contribution in [2.75, 3.05) is 0 Å². The lowest BCUT2D eigenvalue weighted by atomic mass is 10.2. The van der Waals surface area contributed by atoms with E-state index in [0.717, 1.165) is 5.56 Å². The summed E-state index contributed by atoms with van der Waals surface area (Å²) in [6.45, 7) is 0.421. The van der Waals surface area contributed by atoms with Gasteiger partial charge in [-0.3, -0.25) is 0 Å².